The van der Waals surface area contributed by atoms with Crippen LogP contribution >= 0.6 is 0 Å². The van der Waals surface area contributed by atoms with Crippen LogP contribution in [0.5, 0.6) is 0 Å². The Balaban J connectivity index is 1.33. The van der Waals surface area contributed by atoms with Gasteiger partial charge in [0.05, 0.1) is 6.54 Å². The van der Waals surface area contributed by atoms with Gasteiger partial charge in [0.1, 0.15) is 0 Å². The number of carbonyl (C=O) groups excluding carboxylic acids is 1. The van der Waals surface area contributed by atoms with E-state index < -0.39 is 0 Å². The molecule has 134 valence electrons. The summed E-state index contributed by atoms with van der Waals surface area (Å²) in [7, 11) is 0. The van der Waals surface area contributed by atoms with E-state index >= 15 is 0 Å². The van der Waals surface area contributed by atoms with E-state index in [1.807, 2.05) is 36.5 Å². The number of piperazine rings is 1. The lowest BCUT2D eigenvalue weighted by atomic mass is 10.1. The molecule has 0 aromatic heterocycles. The van der Waals surface area contributed by atoms with E-state index in [2.05, 4.69) is 37.2 Å². The summed E-state index contributed by atoms with van der Waals surface area (Å²) in [4.78, 5) is 25.7. The number of aliphatic imine (C=N–C) groups is 2. The Morgan fingerprint density at radius 3 is 2.65 bits per heavy atom. The molecule has 1 saturated heterocycles. The van der Waals surface area contributed by atoms with Crippen molar-refractivity contribution < 1.29 is 4.79 Å². The van der Waals surface area contributed by atoms with Gasteiger partial charge in [0.15, 0.2) is 0 Å². The fourth-order valence-corrected chi connectivity index (χ4v) is 3.42. The highest BCUT2D eigenvalue weighted by molar-refractivity contribution is 6.02. The SMILES string of the molecule is O=C(CN1CCN(C2=NCCC=N2)CC1)Nc1cccc2ccccc12. The van der Waals surface area contributed by atoms with Gasteiger partial charge in [0, 0.05) is 56.4 Å². The van der Waals surface area contributed by atoms with Gasteiger partial charge in [-0.3, -0.25) is 14.7 Å². The van der Waals surface area contributed by atoms with Crippen LogP contribution in [0.4, 0.5) is 5.69 Å². The van der Waals surface area contributed by atoms with Gasteiger partial charge in [-0.05, 0) is 11.5 Å². The van der Waals surface area contributed by atoms with E-state index in [1.54, 1.807) is 0 Å². The molecule has 0 radical (unpaired) electrons. The summed E-state index contributed by atoms with van der Waals surface area (Å²) < 4.78 is 0. The van der Waals surface area contributed by atoms with Gasteiger partial charge in [-0.2, -0.15) is 0 Å². The number of rotatable bonds is 3. The molecule has 2 aliphatic rings. The Bertz CT molecular complexity index is 847. The molecule has 0 unspecified atom stereocenters. The first kappa shape index (κ1) is 16.7. The van der Waals surface area contributed by atoms with Crippen LogP contribution in [0.1, 0.15) is 6.42 Å². The fraction of sp³-hybridized carbons (Fsp3) is 0.350. The van der Waals surface area contributed by atoms with Crippen LogP contribution in [0.15, 0.2) is 52.4 Å². The molecule has 0 bridgehead atoms. The molecule has 0 saturated carbocycles. The highest BCUT2D eigenvalue weighted by atomic mass is 16.2. The quantitative estimate of drug-likeness (QED) is 0.924. The number of hydrogen-bond donors (Lipinski definition) is 1. The maximum atomic E-state index is 12.5. The molecule has 2 aliphatic heterocycles. The Hall–Kier alpha value is -2.73. The van der Waals surface area contributed by atoms with E-state index in [4.69, 9.17) is 0 Å². The molecular weight excluding hydrogens is 326 g/mol. The first-order valence-electron chi connectivity index (χ1n) is 9.11. The van der Waals surface area contributed by atoms with E-state index in [9.17, 15) is 4.79 Å². The van der Waals surface area contributed by atoms with Crippen molar-refractivity contribution in [3.8, 4) is 0 Å². The zero-order chi connectivity index (χ0) is 17.8. The zero-order valence-corrected chi connectivity index (χ0v) is 14.8. The number of guanidine groups is 1. The van der Waals surface area contributed by atoms with Gasteiger partial charge in [-0.15, -0.1) is 0 Å². The number of nitrogens with one attached hydrogen (secondary N) is 1. The Morgan fingerprint density at radius 2 is 1.85 bits per heavy atom. The standard InChI is InChI=1S/C20H23N5O/c26-19(23-18-8-3-6-16-5-1-2-7-17(16)18)15-24-11-13-25(14-12-24)20-21-9-4-10-22-20/h1-3,5-9H,4,10-15H2,(H,23,26). The van der Waals surface area contributed by atoms with Crippen LogP contribution < -0.4 is 5.32 Å². The van der Waals surface area contributed by atoms with Crippen LogP contribution in [-0.2, 0) is 4.79 Å². The molecule has 6 nitrogen and oxygen atoms in total. The summed E-state index contributed by atoms with van der Waals surface area (Å²) >= 11 is 0. The minimum absolute atomic E-state index is 0.0304. The Labute approximate surface area is 153 Å². The third-order valence-corrected chi connectivity index (χ3v) is 4.80. The number of carbonyl (C=O) groups is 1. The second kappa shape index (κ2) is 7.66. The molecular formula is C20H23N5O. The van der Waals surface area contributed by atoms with Crippen molar-refractivity contribution in [3.63, 3.8) is 0 Å². The number of anilines is 1. The fourth-order valence-electron chi connectivity index (χ4n) is 3.42. The first-order valence-corrected chi connectivity index (χ1v) is 9.11. The second-order valence-electron chi connectivity index (χ2n) is 6.62. The van der Waals surface area contributed by atoms with Gasteiger partial charge in [-0.1, -0.05) is 36.4 Å². The third-order valence-electron chi connectivity index (χ3n) is 4.80. The Kier molecular flexibility index (Phi) is 4.93. The highest BCUT2D eigenvalue weighted by Gasteiger charge is 2.21. The molecule has 26 heavy (non-hydrogen) atoms. The maximum Gasteiger partial charge on any atom is 0.238 e. The van der Waals surface area contributed by atoms with Crippen molar-refractivity contribution in [1.29, 1.82) is 0 Å². The molecule has 1 N–H and O–H groups in total. The van der Waals surface area contributed by atoms with Gasteiger partial charge in [0.25, 0.3) is 0 Å². The lowest BCUT2D eigenvalue weighted by Gasteiger charge is -2.35. The van der Waals surface area contributed by atoms with Crippen molar-refractivity contribution >= 4 is 34.5 Å². The molecule has 0 spiro atoms. The average Bonchev–Trinajstić information content (AvgIpc) is 2.69. The van der Waals surface area contributed by atoms with E-state index in [1.165, 1.54) is 0 Å². The molecule has 1 fully saturated rings. The Morgan fingerprint density at radius 1 is 1.04 bits per heavy atom. The summed E-state index contributed by atoms with van der Waals surface area (Å²) in [6.07, 6.45) is 2.87. The number of benzene rings is 2. The second-order valence-corrected chi connectivity index (χ2v) is 6.62. The zero-order valence-electron chi connectivity index (χ0n) is 14.8. The topological polar surface area (TPSA) is 60.3 Å². The molecule has 2 heterocycles. The van der Waals surface area contributed by atoms with Gasteiger partial charge >= 0.3 is 0 Å². The lowest BCUT2D eigenvalue weighted by Crippen LogP contribution is -2.50. The number of nitrogens with zero attached hydrogens (tertiary/aromatic N) is 4. The number of hydrogen-bond acceptors (Lipinski definition) is 5. The van der Waals surface area contributed by atoms with E-state index in [-0.39, 0.29) is 5.91 Å². The predicted molar refractivity (Wildman–Crippen MR) is 106 cm³/mol. The van der Waals surface area contributed by atoms with Crippen molar-refractivity contribution in [1.82, 2.24) is 9.80 Å². The van der Waals surface area contributed by atoms with E-state index in [0.29, 0.717) is 6.54 Å². The van der Waals surface area contributed by atoms with Crippen molar-refractivity contribution in [3.05, 3.63) is 42.5 Å². The number of amides is 1. The van der Waals surface area contributed by atoms with Crippen molar-refractivity contribution in [2.75, 3.05) is 44.6 Å². The van der Waals surface area contributed by atoms with Crippen LogP contribution in [0, 0.1) is 0 Å². The molecule has 0 atom stereocenters. The van der Waals surface area contributed by atoms with Crippen molar-refractivity contribution in [2.24, 2.45) is 9.98 Å². The largest absolute Gasteiger partial charge is 0.339 e. The summed E-state index contributed by atoms with van der Waals surface area (Å²) in [5.41, 5.74) is 0.873. The smallest absolute Gasteiger partial charge is 0.238 e. The molecule has 2 aromatic rings. The van der Waals surface area contributed by atoms with Crippen LogP contribution in [0.2, 0.25) is 0 Å². The first-order chi connectivity index (χ1) is 12.8. The minimum Gasteiger partial charge on any atom is -0.339 e. The minimum atomic E-state index is 0.0304. The van der Waals surface area contributed by atoms with Gasteiger partial charge < -0.3 is 10.2 Å². The normalized spacial score (nSPS) is 18.0. The van der Waals surface area contributed by atoms with Crippen LogP contribution in [0.25, 0.3) is 10.8 Å². The molecule has 2 aromatic carbocycles. The summed E-state index contributed by atoms with van der Waals surface area (Å²) in [6.45, 7) is 4.64. The number of fused-ring (bicyclic) bond motifs is 1. The average molecular weight is 349 g/mol. The molecule has 1 amide bonds. The van der Waals surface area contributed by atoms with E-state index in [0.717, 1.165) is 61.6 Å². The monoisotopic (exact) mass is 349 g/mol. The van der Waals surface area contributed by atoms with Crippen molar-refractivity contribution in [2.45, 2.75) is 6.42 Å². The van der Waals surface area contributed by atoms with Gasteiger partial charge in [0.2, 0.25) is 11.9 Å². The lowest BCUT2D eigenvalue weighted by molar-refractivity contribution is -0.117. The van der Waals surface area contributed by atoms with Crippen LogP contribution in [-0.4, -0.2) is 67.1 Å². The molecule has 6 heteroatoms. The van der Waals surface area contributed by atoms with Crippen LogP contribution in [0.3, 0.4) is 0 Å². The molecule has 4 rings (SSSR count). The summed E-state index contributed by atoms with van der Waals surface area (Å²) in [5.74, 6) is 0.874. The highest BCUT2D eigenvalue weighted by Crippen LogP contribution is 2.22. The molecule has 0 aliphatic carbocycles. The predicted octanol–water partition coefficient (Wildman–Crippen LogP) is 2.23. The summed E-state index contributed by atoms with van der Waals surface area (Å²) in [5, 5.41) is 5.27. The summed E-state index contributed by atoms with van der Waals surface area (Å²) in [6, 6.07) is 14.1. The van der Waals surface area contributed by atoms with Gasteiger partial charge in [-0.25, -0.2) is 4.99 Å². The maximum absolute atomic E-state index is 12.5. The third kappa shape index (κ3) is 3.75.